The third kappa shape index (κ3) is 4.69. The molecule has 0 radical (unpaired) electrons. The monoisotopic (exact) mass is 368 g/mol. The highest BCUT2D eigenvalue weighted by atomic mass is 35.5. The summed E-state index contributed by atoms with van der Waals surface area (Å²) in [5.74, 6) is 0.132. The van der Waals surface area contributed by atoms with Crippen molar-refractivity contribution < 1.29 is 13.9 Å². The van der Waals surface area contributed by atoms with Gasteiger partial charge in [0.1, 0.15) is 11.6 Å². The van der Waals surface area contributed by atoms with Gasteiger partial charge in [-0.2, -0.15) is 0 Å². The zero-order chi connectivity index (χ0) is 16.9. The fourth-order valence-corrected chi connectivity index (χ4v) is 3.71. The molecule has 1 aromatic carbocycles. The van der Waals surface area contributed by atoms with E-state index in [9.17, 15) is 9.18 Å². The molecule has 1 aromatic heterocycles. The molecule has 0 atom stereocenters. The van der Waals surface area contributed by atoms with Crippen molar-refractivity contribution in [1.82, 2.24) is 9.80 Å². The lowest BCUT2D eigenvalue weighted by atomic mass is 10.3. The first-order valence-corrected chi connectivity index (χ1v) is 8.92. The van der Waals surface area contributed by atoms with Crippen molar-refractivity contribution in [2.24, 2.45) is 0 Å². The zero-order valence-electron chi connectivity index (χ0n) is 13.1. The number of carbonyl (C=O) groups excluding carboxylic acids is 1. The van der Waals surface area contributed by atoms with Gasteiger partial charge in [0.05, 0.1) is 4.34 Å². The molecule has 24 heavy (non-hydrogen) atoms. The Labute approximate surface area is 149 Å². The second-order valence-electron chi connectivity index (χ2n) is 5.61. The van der Waals surface area contributed by atoms with Gasteiger partial charge in [-0.25, -0.2) is 4.39 Å². The van der Waals surface area contributed by atoms with E-state index in [1.54, 1.807) is 16.2 Å². The zero-order valence-corrected chi connectivity index (χ0v) is 14.7. The van der Waals surface area contributed by atoms with Gasteiger partial charge in [-0.3, -0.25) is 9.69 Å². The molecule has 1 aliphatic rings. The molecular weight excluding hydrogens is 351 g/mol. The highest BCUT2D eigenvalue weighted by Crippen LogP contribution is 2.23. The molecule has 128 valence electrons. The average molecular weight is 369 g/mol. The van der Waals surface area contributed by atoms with Gasteiger partial charge in [0.25, 0.3) is 5.91 Å². The molecule has 1 fully saturated rings. The molecule has 0 bridgehead atoms. The Balaban J connectivity index is 1.42. The maximum Gasteiger partial charge on any atom is 0.260 e. The molecule has 2 aromatic rings. The third-order valence-corrected chi connectivity index (χ3v) is 5.13. The molecule has 0 spiro atoms. The molecule has 7 heteroatoms. The largest absolute Gasteiger partial charge is 0.484 e. The SMILES string of the molecule is O=C(COc1ccc(F)cc1)N1CCN(Cc2ccc(Cl)s2)CC1. The molecule has 3 rings (SSSR count). The predicted octanol–water partition coefficient (Wildman–Crippen LogP) is 3.26. The first kappa shape index (κ1) is 17.2. The van der Waals surface area contributed by atoms with Crippen LogP contribution in [-0.2, 0) is 11.3 Å². The quantitative estimate of drug-likeness (QED) is 0.812. The topological polar surface area (TPSA) is 32.8 Å². The van der Waals surface area contributed by atoms with Crippen molar-refractivity contribution in [2.45, 2.75) is 6.54 Å². The minimum atomic E-state index is -0.322. The van der Waals surface area contributed by atoms with Crippen LogP contribution in [0.1, 0.15) is 4.88 Å². The van der Waals surface area contributed by atoms with E-state index in [0.29, 0.717) is 18.8 Å². The normalized spacial score (nSPS) is 15.5. The third-order valence-electron chi connectivity index (χ3n) is 3.91. The number of hydrogen-bond acceptors (Lipinski definition) is 4. The van der Waals surface area contributed by atoms with Gasteiger partial charge < -0.3 is 9.64 Å². The van der Waals surface area contributed by atoms with Gasteiger partial charge in [-0.05, 0) is 36.4 Å². The van der Waals surface area contributed by atoms with E-state index < -0.39 is 0 Å². The highest BCUT2D eigenvalue weighted by molar-refractivity contribution is 7.16. The summed E-state index contributed by atoms with van der Waals surface area (Å²) in [6, 6.07) is 9.62. The van der Waals surface area contributed by atoms with E-state index in [1.165, 1.54) is 29.1 Å². The summed E-state index contributed by atoms with van der Waals surface area (Å²) in [5.41, 5.74) is 0. The van der Waals surface area contributed by atoms with E-state index in [4.69, 9.17) is 16.3 Å². The number of piperazine rings is 1. The number of halogens is 2. The first-order chi connectivity index (χ1) is 11.6. The molecule has 2 heterocycles. The molecule has 0 unspecified atom stereocenters. The van der Waals surface area contributed by atoms with E-state index in [1.807, 2.05) is 12.1 Å². The van der Waals surface area contributed by atoms with E-state index in [-0.39, 0.29) is 18.3 Å². The van der Waals surface area contributed by atoms with Crippen LogP contribution in [0.2, 0.25) is 4.34 Å². The van der Waals surface area contributed by atoms with Crippen LogP contribution in [0.5, 0.6) is 5.75 Å². The van der Waals surface area contributed by atoms with Crippen molar-refractivity contribution in [3.05, 3.63) is 51.4 Å². The molecule has 1 aliphatic heterocycles. The Morgan fingerprint density at radius 3 is 2.46 bits per heavy atom. The Morgan fingerprint density at radius 1 is 1.12 bits per heavy atom. The Kier molecular flexibility index (Phi) is 5.71. The number of nitrogens with zero attached hydrogens (tertiary/aromatic N) is 2. The van der Waals surface area contributed by atoms with Crippen LogP contribution in [0.4, 0.5) is 4.39 Å². The Bertz CT molecular complexity index is 684. The summed E-state index contributed by atoms with van der Waals surface area (Å²) in [4.78, 5) is 17.6. The van der Waals surface area contributed by atoms with Crippen LogP contribution in [-0.4, -0.2) is 48.5 Å². The summed E-state index contributed by atoms with van der Waals surface area (Å²) < 4.78 is 19.0. The standard InChI is InChI=1S/C17H18ClFN2O2S/c18-16-6-5-15(24-16)11-20-7-9-21(10-8-20)17(22)12-23-14-3-1-13(19)2-4-14/h1-6H,7-12H2. The fourth-order valence-electron chi connectivity index (χ4n) is 2.58. The first-order valence-electron chi connectivity index (χ1n) is 7.73. The minimum Gasteiger partial charge on any atom is -0.484 e. The molecular formula is C17H18ClFN2O2S. The smallest absolute Gasteiger partial charge is 0.260 e. The molecule has 0 saturated carbocycles. The number of ether oxygens (including phenoxy) is 1. The second-order valence-corrected chi connectivity index (χ2v) is 7.40. The molecule has 0 aliphatic carbocycles. The van der Waals surface area contributed by atoms with E-state index in [2.05, 4.69) is 4.90 Å². The van der Waals surface area contributed by atoms with Gasteiger partial charge in [0.15, 0.2) is 6.61 Å². The van der Waals surface area contributed by atoms with Crippen LogP contribution in [0.15, 0.2) is 36.4 Å². The van der Waals surface area contributed by atoms with Gasteiger partial charge in [-0.1, -0.05) is 11.6 Å². The summed E-state index contributed by atoms with van der Waals surface area (Å²) in [7, 11) is 0. The van der Waals surface area contributed by atoms with Gasteiger partial charge in [0, 0.05) is 37.6 Å². The number of benzene rings is 1. The number of carbonyl (C=O) groups is 1. The maximum absolute atomic E-state index is 12.8. The predicted molar refractivity (Wildman–Crippen MR) is 93.1 cm³/mol. The summed E-state index contributed by atoms with van der Waals surface area (Å²) in [5, 5.41) is 0. The minimum absolute atomic E-state index is 0.0217. The molecule has 0 N–H and O–H groups in total. The Hall–Kier alpha value is -1.63. The lowest BCUT2D eigenvalue weighted by Gasteiger charge is -2.34. The number of thiophene rings is 1. The van der Waals surface area contributed by atoms with Crippen LogP contribution < -0.4 is 4.74 Å². The van der Waals surface area contributed by atoms with Gasteiger partial charge in [0.2, 0.25) is 0 Å². The molecule has 1 saturated heterocycles. The van der Waals surface area contributed by atoms with Crippen LogP contribution >= 0.6 is 22.9 Å². The average Bonchev–Trinajstić information content (AvgIpc) is 2.99. The Morgan fingerprint density at radius 2 is 1.83 bits per heavy atom. The van der Waals surface area contributed by atoms with Gasteiger partial charge in [-0.15, -0.1) is 11.3 Å². The second kappa shape index (κ2) is 7.96. The summed E-state index contributed by atoms with van der Waals surface area (Å²) in [6.07, 6.45) is 0. The maximum atomic E-state index is 12.8. The number of hydrogen-bond donors (Lipinski definition) is 0. The van der Waals surface area contributed by atoms with E-state index in [0.717, 1.165) is 24.0 Å². The van der Waals surface area contributed by atoms with Gasteiger partial charge >= 0.3 is 0 Å². The lowest BCUT2D eigenvalue weighted by molar-refractivity contribution is -0.135. The molecule has 1 amide bonds. The number of rotatable bonds is 5. The van der Waals surface area contributed by atoms with E-state index >= 15 is 0 Å². The summed E-state index contributed by atoms with van der Waals surface area (Å²) >= 11 is 7.54. The fraction of sp³-hybridized carbons (Fsp3) is 0.353. The van der Waals surface area contributed by atoms with Crippen molar-refractivity contribution >= 4 is 28.8 Å². The van der Waals surface area contributed by atoms with Crippen molar-refractivity contribution in [3.8, 4) is 5.75 Å². The van der Waals surface area contributed by atoms with Crippen molar-refractivity contribution in [2.75, 3.05) is 32.8 Å². The van der Waals surface area contributed by atoms with Crippen LogP contribution in [0, 0.1) is 5.82 Å². The van der Waals surface area contributed by atoms with Crippen LogP contribution in [0.25, 0.3) is 0 Å². The molecule has 4 nitrogen and oxygen atoms in total. The van der Waals surface area contributed by atoms with Crippen LogP contribution in [0.3, 0.4) is 0 Å². The highest BCUT2D eigenvalue weighted by Gasteiger charge is 2.21. The van der Waals surface area contributed by atoms with Crippen molar-refractivity contribution in [1.29, 1.82) is 0 Å². The summed E-state index contributed by atoms with van der Waals surface area (Å²) in [6.45, 7) is 3.88. The van der Waals surface area contributed by atoms with Crippen molar-refractivity contribution in [3.63, 3.8) is 0 Å². The lowest BCUT2D eigenvalue weighted by Crippen LogP contribution is -2.49. The number of amides is 1.